The van der Waals surface area contributed by atoms with Gasteiger partial charge in [0.25, 0.3) is 11.8 Å². The molecule has 1 aromatic carbocycles. The summed E-state index contributed by atoms with van der Waals surface area (Å²) < 4.78 is 12.9. The third-order valence-corrected chi connectivity index (χ3v) is 5.56. The van der Waals surface area contributed by atoms with Crippen LogP contribution in [-0.4, -0.2) is 44.7 Å². The van der Waals surface area contributed by atoms with E-state index in [2.05, 4.69) is 10.2 Å². The van der Waals surface area contributed by atoms with Gasteiger partial charge >= 0.3 is 5.97 Å². The molecule has 0 aliphatic carbocycles. The van der Waals surface area contributed by atoms with E-state index < -0.39 is 5.97 Å². The van der Waals surface area contributed by atoms with Gasteiger partial charge in [-0.2, -0.15) is 0 Å². The summed E-state index contributed by atoms with van der Waals surface area (Å²) >= 11 is 1.50. The minimum absolute atomic E-state index is 0.161. The number of esters is 1. The van der Waals surface area contributed by atoms with E-state index in [1.54, 1.807) is 17.0 Å². The third kappa shape index (κ3) is 5.12. The number of benzene rings is 1. The van der Waals surface area contributed by atoms with Gasteiger partial charge in [0.1, 0.15) is 0 Å². The zero-order valence-corrected chi connectivity index (χ0v) is 18.3. The second-order valence-corrected chi connectivity index (χ2v) is 7.95. The van der Waals surface area contributed by atoms with E-state index in [0.717, 1.165) is 17.0 Å². The quantitative estimate of drug-likeness (QED) is 0.355. The Morgan fingerprint density at radius 2 is 1.88 bits per heavy atom. The van der Waals surface area contributed by atoms with Crippen LogP contribution in [0.3, 0.4) is 0 Å². The largest absolute Gasteiger partial charge is 0.452 e. The molecule has 0 radical (unpaired) electrons. The fourth-order valence-corrected chi connectivity index (χ4v) is 3.76. The molecule has 4 rings (SSSR count). The number of nitrogens with zero attached hydrogens (tertiary/aromatic N) is 4. The lowest BCUT2D eigenvalue weighted by molar-refractivity contribution is -0.135. The molecule has 0 aliphatic heterocycles. The van der Waals surface area contributed by atoms with Gasteiger partial charge in [0.15, 0.2) is 6.61 Å². The van der Waals surface area contributed by atoms with Crippen LogP contribution in [0.5, 0.6) is 0 Å². The second-order valence-electron chi connectivity index (χ2n) is 7.01. The number of amides is 1. The normalized spacial score (nSPS) is 10.8. The standard InChI is InChI=1S/C23H22N4O4S/c1-2-11-27(15-20-24-25-22(31-20)19-6-5-14-32-19)21(28)16-30-23(29)17-7-9-18(10-8-17)26-12-3-4-13-26/h3-10,12-14H,2,11,15-16H2,1H3. The van der Waals surface area contributed by atoms with E-state index in [4.69, 9.17) is 9.15 Å². The SMILES string of the molecule is CCCN(Cc1nnc(-c2cccs2)o1)C(=O)COC(=O)c1ccc(-n2cccc2)cc1. The summed E-state index contributed by atoms with van der Waals surface area (Å²) in [4.78, 5) is 27.5. The monoisotopic (exact) mass is 450 g/mol. The van der Waals surface area contributed by atoms with Crippen molar-refractivity contribution >= 4 is 23.2 Å². The first kappa shape index (κ1) is 21.5. The maximum Gasteiger partial charge on any atom is 0.338 e. The van der Waals surface area contributed by atoms with Gasteiger partial charge in [-0.15, -0.1) is 21.5 Å². The summed E-state index contributed by atoms with van der Waals surface area (Å²) in [5.41, 5.74) is 1.31. The van der Waals surface area contributed by atoms with Crippen molar-refractivity contribution in [2.75, 3.05) is 13.2 Å². The summed E-state index contributed by atoms with van der Waals surface area (Å²) in [5.74, 6) is -0.109. The van der Waals surface area contributed by atoms with Crippen molar-refractivity contribution in [1.29, 1.82) is 0 Å². The molecule has 0 spiro atoms. The summed E-state index contributed by atoms with van der Waals surface area (Å²) in [6.07, 6.45) is 4.58. The van der Waals surface area contributed by atoms with Gasteiger partial charge < -0.3 is 18.6 Å². The number of thiophene rings is 1. The highest BCUT2D eigenvalue weighted by Crippen LogP contribution is 2.23. The molecule has 0 fully saturated rings. The van der Waals surface area contributed by atoms with E-state index in [9.17, 15) is 9.59 Å². The molecular weight excluding hydrogens is 428 g/mol. The first-order chi connectivity index (χ1) is 15.6. The van der Waals surface area contributed by atoms with Crippen molar-refractivity contribution in [3.63, 3.8) is 0 Å². The lowest BCUT2D eigenvalue weighted by Crippen LogP contribution is -2.35. The molecule has 3 heterocycles. The lowest BCUT2D eigenvalue weighted by atomic mass is 10.2. The van der Waals surface area contributed by atoms with Gasteiger partial charge in [0.05, 0.1) is 17.0 Å². The van der Waals surface area contributed by atoms with Crippen molar-refractivity contribution < 1.29 is 18.7 Å². The first-order valence-corrected chi connectivity index (χ1v) is 11.1. The Hall–Kier alpha value is -3.72. The molecule has 1 amide bonds. The Bertz CT molecular complexity index is 1150. The maximum absolute atomic E-state index is 12.7. The zero-order chi connectivity index (χ0) is 22.3. The van der Waals surface area contributed by atoms with E-state index in [1.165, 1.54) is 11.3 Å². The van der Waals surface area contributed by atoms with Gasteiger partial charge in [0, 0.05) is 24.6 Å². The average molecular weight is 451 g/mol. The van der Waals surface area contributed by atoms with Gasteiger partial charge in [-0.25, -0.2) is 4.79 Å². The molecule has 9 heteroatoms. The summed E-state index contributed by atoms with van der Waals surface area (Å²) in [6.45, 7) is 2.25. The predicted molar refractivity (Wildman–Crippen MR) is 119 cm³/mol. The average Bonchev–Trinajstić information content (AvgIpc) is 3.59. The van der Waals surface area contributed by atoms with Crippen LogP contribution in [-0.2, 0) is 16.1 Å². The Morgan fingerprint density at radius 1 is 1.09 bits per heavy atom. The molecule has 0 unspecified atom stereocenters. The van der Waals surface area contributed by atoms with Crippen molar-refractivity contribution in [2.24, 2.45) is 0 Å². The third-order valence-electron chi connectivity index (χ3n) is 4.70. The molecule has 0 saturated carbocycles. The smallest absolute Gasteiger partial charge is 0.338 e. The Balaban J connectivity index is 1.34. The van der Waals surface area contributed by atoms with Gasteiger partial charge in [0.2, 0.25) is 5.89 Å². The van der Waals surface area contributed by atoms with Gasteiger partial charge in [-0.1, -0.05) is 13.0 Å². The van der Waals surface area contributed by atoms with E-state index in [-0.39, 0.29) is 19.1 Å². The van der Waals surface area contributed by atoms with Crippen LogP contribution in [0.2, 0.25) is 0 Å². The number of ether oxygens (including phenoxy) is 1. The summed E-state index contributed by atoms with van der Waals surface area (Å²) in [7, 11) is 0. The molecule has 164 valence electrons. The van der Waals surface area contributed by atoms with Crippen molar-refractivity contribution in [3.05, 3.63) is 77.8 Å². The highest BCUT2D eigenvalue weighted by molar-refractivity contribution is 7.13. The number of carbonyl (C=O) groups is 2. The molecule has 32 heavy (non-hydrogen) atoms. The van der Waals surface area contributed by atoms with Crippen LogP contribution in [0, 0.1) is 0 Å². The number of hydrogen-bond donors (Lipinski definition) is 0. The topological polar surface area (TPSA) is 90.5 Å². The van der Waals surface area contributed by atoms with Crippen molar-refractivity contribution in [3.8, 4) is 16.5 Å². The van der Waals surface area contributed by atoms with Crippen LogP contribution in [0.15, 0.2) is 70.7 Å². The number of carbonyl (C=O) groups excluding carboxylic acids is 2. The molecule has 8 nitrogen and oxygen atoms in total. The Labute approximate surface area is 189 Å². The molecule has 0 aliphatic rings. The second kappa shape index (κ2) is 10.1. The highest BCUT2D eigenvalue weighted by atomic mass is 32.1. The van der Waals surface area contributed by atoms with Crippen LogP contribution in [0.4, 0.5) is 0 Å². The van der Waals surface area contributed by atoms with Gasteiger partial charge in [-0.05, 0) is 54.3 Å². The minimum atomic E-state index is -0.549. The maximum atomic E-state index is 12.7. The first-order valence-electron chi connectivity index (χ1n) is 10.2. The fraction of sp³-hybridized carbons (Fsp3) is 0.217. The Kier molecular flexibility index (Phi) is 6.76. The van der Waals surface area contributed by atoms with Crippen LogP contribution in [0.1, 0.15) is 29.6 Å². The molecule has 0 N–H and O–H groups in total. The van der Waals surface area contributed by atoms with Crippen molar-refractivity contribution in [2.45, 2.75) is 19.9 Å². The minimum Gasteiger partial charge on any atom is -0.452 e. The number of aromatic nitrogens is 3. The molecule has 4 aromatic rings. The molecule has 0 saturated heterocycles. The number of rotatable bonds is 9. The van der Waals surface area contributed by atoms with Gasteiger partial charge in [-0.3, -0.25) is 4.79 Å². The highest BCUT2D eigenvalue weighted by Gasteiger charge is 2.19. The summed E-state index contributed by atoms with van der Waals surface area (Å²) in [5, 5.41) is 10.00. The molecule has 3 aromatic heterocycles. The Morgan fingerprint density at radius 3 is 2.56 bits per heavy atom. The van der Waals surface area contributed by atoms with Crippen LogP contribution < -0.4 is 0 Å². The van der Waals surface area contributed by atoms with E-state index >= 15 is 0 Å². The molecule has 0 atom stereocenters. The molecular formula is C23H22N4O4S. The van der Waals surface area contributed by atoms with Crippen LogP contribution in [0.25, 0.3) is 16.5 Å². The fourth-order valence-electron chi connectivity index (χ4n) is 3.12. The zero-order valence-electron chi connectivity index (χ0n) is 17.5. The number of hydrogen-bond acceptors (Lipinski definition) is 7. The lowest BCUT2D eigenvalue weighted by Gasteiger charge is -2.20. The van der Waals surface area contributed by atoms with E-state index in [1.807, 2.05) is 65.7 Å². The summed E-state index contributed by atoms with van der Waals surface area (Å²) in [6, 6.07) is 14.6. The van der Waals surface area contributed by atoms with Crippen LogP contribution >= 0.6 is 11.3 Å². The van der Waals surface area contributed by atoms with E-state index in [0.29, 0.717) is 23.9 Å². The predicted octanol–water partition coefficient (Wildman–Crippen LogP) is 4.18. The molecule has 0 bridgehead atoms. The van der Waals surface area contributed by atoms with Crippen molar-refractivity contribution in [1.82, 2.24) is 19.7 Å².